The van der Waals surface area contributed by atoms with Gasteiger partial charge in [-0.25, -0.2) is 4.79 Å². The Morgan fingerprint density at radius 1 is 1.18 bits per heavy atom. The van der Waals surface area contributed by atoms with Gasteiger partial charge in [-0.1, -0.05) is 48.4 Å². The van der Waals surface area contributed by atoms with Crippen molar-refractivity contribution in [3.05, 3.63) is 71.9 Å². The van der Waals surface area contributed by atoms with Gasteiger partial charge in [-0.3, -0.25) is 14.8 Å². The van der Waals surface area contributed by atoms with E-state index in [1.807, 2.05) is 49.4 Å². The zero-order valence-electron chi connectivity index (χ0n) is 15.5. The zero-order chi connectivity index (χ0) is 19.9. The van der Waals surface area contributed by atoms with Crippen LogP contribution in [0.5, 0.6) is 0 Å². The van der Waals surface area contributed by atoms with Gasteiger partial charge in [-0.05, 0) is 36.1 Å². The number of aromatic nitrogens is 2. The Bertz CT molecular complexity index is 1030. The first-order chi connectivity index (χ1) is 13.6. The van der Waals surface area contributed by atoms with E-state index < -0.39 is 6.09 Å². The van der Waals surface area contributed by atoms with Gasteiger partial charge in [0.25, 0.3) is 0 Å². The summed E-state index contributed by atoms with van der Waals surface area (Å²) in [6, 6.07) is 16.8. The third-order valence-corrected chi connectivity index (χ3v) is 4.18. The first-order valence-corrected chi connectivity index (χ1v) is 8.68. The van der Waals surface area contributed by atoms with E-state index in [0.29, 0.717) is 12.1 Å². The lowest BCUT2D eigenvalue weighted by atomic mass is 10.1. The van der Waals surface area contributed by atoms with Crippen LogP contribution in [0.25, 0.3) is 11.1 Å². The highest BCUT2D eigenvalue weighted by atomic mass is 16.6. The lowest BCUT2D eigenvalue weighted by molar-refractivity contribution is -0.103. The molecule has 1 N–H and O–H groups in total. The molecular weight excluding hydrogens is 354 g/mol. The van der Waals surface area contributed by atoms with Gasteiger partial charge in [-0.2, -0.15) is 5.10 Å². The number of nitrogens with one attached hydrogen (secondary N) is 1. The molecule has 1 heterocycles. The van der Waals surface area contributed by atoms with Crippen LogP contribution < -0.4 is 5.32 Å². The Hall–Kier alpha value is -3.85. The maximum absolute atomic E-state index is 12.4. The Morgan fingerprint density at radius 2 is 1.89 bits per heavy atom. The maximum atomic E-state index is 12.4. The van der Waals surface area contributed by atoms with Crippen molar-refractivity contribution in [1.82, 2.24) is 9.78 Å². The summed E-state index contributed by atoms with van der Waals surface area (Å²) in [5.74, 6) is 5.63. The smallest absolute Gasteiger partial charge is 0.413 e. The van der Waals surface area contributed by atoms with Gasteiger partial charge >= 0.3 is 6.09 Å². The summed E-state index contributed by atoms with van der Waals surface area (Å²) in [6.45, 7) is 1.82. The van der Waals surface area contributed by atoms with Gasteiger partial charge in [-0.15, -0.1) is 0 Å². The Kier molecular flexibility index (Phi) is 5.87. The molecule has 1 aromatic heterocycles. The summed E-state index contributed by atoms with van der Waals surface area (Å²) >= 11 is 0. The average molecular weight is 373 g/mol. The number of hydrogen-bond donors (Lipinski definition) is 1. The normalized spacial score (nSPS) is 11.1. The minimum absolute atomic E-state index is 0.381. The highest BCUT2D eigenvalue weighted by Gasteiger charge is 2.17. The molecule has 28 heavy (non-hydrogen) atoms. The van der Waals surface area contributed by atoms with Crippen LogP contribution in [0.2, 0.25) is 0 Å². The number of aryl methyl sites for hydroxylation is 1. The van der Waals surface area contributed by atoms with Crippen LogP contribution in [0.15, 0.2) is 60.8 Å². The summed E-state index contributed by atoms with van der Waals surface area (Å²) < 4.78 is 7.05. The fourth-order valence-electron chi connectivity index (χ4n) is 2.72. The number of anilines is 1. The molecule has 3 aromatic rings. The number of nitrogens with zero attached hydrogens (tertiary/aromatic N) is 2. The van der Waals surface area contributed by atoms with Crippen molar-refractivity contribution in [3.63, 3.8) is 0 Å². The molecule has 140 valence electrons. The molecule has 1 atom stereocenters. The number of aldehydes is 1. The lowest BCUT2D eigenvalue weighted by Crippen LogP contribution is -2.18. The molecule has 6 nitrogen and oxygen atoms in total. The number of carbonyl (C=O) groups excluding carboxylic acids is 2. The second-order valence-corrected chi connectivity index (χ2v) is 6.08. The predicted molar refractivity (Wildman–Crippen MR) is 107 cm³/mol. The number of rotatable bonds is 4. The second-order valence-electron chi connectivity index (χ2n) is 6.08. The predicted octanol–water partition coefficient (Wildman–Crippen LogP) is 3.95. The van der Waals surface area contributed by atoms with Crippen LogP contribution in [0.1, 0.15) is 24.2 Å². The number of benzene rings is 2. The topological polar surface area (TPSA) is 73.2 Å². The molecule has 2 aromatic carbocycles. The molecule has 6 heteroatoms. The second kappa shape index (κ2) is 8.69. The molecule has 0 bridgehead atoms. The van der Waals surface area contributed by atoms with Crippen molar-refractivity contribution in [2.45, 2.75) is 13.0 Å². The fourth-order valence-corrected chi connectivity index (χ4v) is 2.72. The van der Waals surface area contributed by atoms with Crippen LogP contribution in [0.3, 0.4) is 0 Å². The maximum Gasteiger partial charge on any atom is 0.413 e. The van der Waals surface area contributed by atoms with E-state index >= 15 is 0 Å². The van der Waals surface area contributed by atoms with E-state index in [0.717, 1.165) is 22.3 Å². The Morgan fingerprint density at radius 3 is 2.57 bits per heavy atom. The SMILES string of the molecule is CC(OC(=O)Nc1c(-c2ccc(C#CC=O)cc2)cnn1C)c1ccccc1. The minimum Gasteiger partial charge on any atom is -0.441 e. The van der Waals surface area contributed by atoms with Crippen LogP contribution in [-0.4, -0.2) is 22.2 Å². The molecular formula is C22H19N3O3. The number of amides is 1. The highest BCUT2D eigenvalue weighted by Crippen LogP contribution is 2.28. The molecule has 1 amide bonds. The van der Waals surface area contributed by atoms with Crippen molar-refractivity contribution >= 4 is 18.2 Å². The van der Waals surface area contributed by atoms with Gasteiger partial charge < -0.3 is 4.74 Å². The summed E-state index contributed by atoms with van der Waals surface area (Å²) in [5, 5.41) is 7.00. The van der Waals surface area contributed by atoms with Crippen molar-refractivity contribution in [3.8, 4) is 23.0 Å². The first-order valence-electron chi connectivity index (χ1n) is 8.68. The van der Waals surface area contributed by atoms with Gasteiger partial charge in [0.05, 0.1) is 6.20 Å². The molecule has 1 unspecified atom stereocenters. The first kappa shape index (κ1) is 18.9. The largest absolute Gasteiger partial charge is 0.441 e. The number of hydrogen-bond acceptors (Lipinski definition) is 4. The zero-order valence-corrected chi connectivity index (χ0v) is 15.5. The monoisotopic (exact) mass is 373 g/mol. The molecule has 0 aliphatic carbocycles. The molecule has 0 saturated heterocycles. The lowest BCUT2D eigenvalue weighted by Gasteiger charge is -2.15. The average Bonchev–Trinajstić information content (AvgIpc) is 3.07. The number of ether oxygens (including phenoxy) is 1. The van der Waals surface area contributed by atoms with Gasteiger partial charge in [0.15, 0.2) is 6.29 Å². The van der Waals surface area contributed by atoms with E-state index in [4.69, 9.17) is 4.74 Å². The van der Waals surface area contributed by atoms with Crippen molar-refractivity contribution in [1.29, 1.82) is 0 Å². The third kappa shape index (κ3) is 4.46. The molecule has 0 fully saturated rings. The highest BCUT2D eigenvalue weighted by molar-refractivity contribution is 5.90. The molecule has 0 aliphatic rings. The van der Waals surface area contributed by atoms with Crippen molar-refractivity contribution in [2.75, 3.05) is 5.32 Å². The summed E-state index contributed by atoms with van der Waals surface area (Å²) in [7, 11) is 1.74. The van der Waals surface area contributed by atoms with Gasteiger partial charge in [0, 0.05) is 18.2 Å². The molecule has 3 rings (SSSR count). The van der Waals surface area contributed by atoms with Crippen LogP contribution in [-0.2, 0) is 16.6 Å². The fraction of sp³-hybridized carbons (Fsp3) is 0.136. The van der Waals surface area contributed by atoms with E-state index in [1.165, 1.54) is 0 Å². The van der Waals surface area contributed by atoms with E-state index in [2.05, 4.69) is 22.3 Å². The third-order valence-electron chi connectivity index (χ3n) is 4.18. The van der Waals surface area contributed by atoms with Gasteiger partial charge in [0.1, 0.15) is 11.9 Å². The van der Waals surface area contributed by atoms with Crippen molar-refractivity contribution in [2.24, 2.45) is 7.05 Å². The molecule has 0 radical (unpaired) electrons. The molecule has 0 saturated carbocycles. The number of carbonyl (C=O) groups is 2. The van der Waals surface area contributed by atoms with Crippen molar-refractivity contribution < 1.29 is 14.3 Å². The summed E-state index contributed by atoms with van der Waals surface area (Å²) in [5.41, 5.74) is 3.25. The Balaban J connectivity index is 1.75. The summed E-state index contributed by atoms with van der Waals surface area (Å²) in [4.78, 5) is 22.7. The molecule has 0 spiro atoms. The van der Waals surface area contributed by atoms with E-state index in [9.17, 15) is 9.59 Å². The van der Waals surface area contributed by atoms with Crippen LogP contribution in [0, 0.1) is 11.8 Å². The summed E-state index contributed by atoms with van der Waals surface area (Å²) in [6.07, 6.45) is 1.28. The van der Waals surface area contributed by atoms with Gasteiger partial charge in [0.2, 0.25) is 0 Å². The minimum atomic E-state index is -0.560. The Labute approximate surface area is 163 Å². The van der Waals surface area contributed by atoms with Crippen LogP contribution >= 0.6 is 0 Å². The van der Waals surface area contributed by atoms with E-state index in [1.54, 1.807) is 30.1 Å². The quantitative estimate of drug-likeness (QED) is 0.555. The molecule has 0 aliphatic heterocycles. The van der Waals surface area contributed by atoms with E-state index in [-0.39, 0.29) is 6.10 Å². The van der Waals surface area contributed by atoms with Crippen LogP contribution in [0.4, 0.5) is 10.6 Å². The standard InChI is InChI=1S/C22H19N3O3/c1-16(18-8-4-3-5-9-18)28-22(27)24-21-20(15-23-25(21)2)19-12-10-17(11-13-19)7-6-14-26/h3-5,8-16H,1-2H3,(H,24,27).